The molecule has 0 spiro atoms. The largest absolute Gasteiger partial charge is 0.269 e. The van der Waals surface area contributed by atoms with Gasteiger partial charge in [-0.2, -0.15) is 0 Å². The zero-order valence-corrected chi connectivity index (χ0v) is 12.0. The minimum absolute atomic E-state index is 0.0917. The molecule has 7 heteroatoms. The summed E-state index contributed by atoms with van der Waals surface area (Å²) < 4.78 is 38.7. The molecule has 0 saturated carbocycles. The number of benzene rings is 1. The first-order valence-electron chi connectivity index (χ1n) is 5.37. The monoisotopic (exact) mass is 305 g/mol. The number of amides is 1. The van der Waals surface area contributed by atoms with E-state index in [9.17, 15) is 17.6 Å². The van der Waals surface area contributed by atoms with Crippen LogP contribution in [-0.2, 0) is 20.6 Å². The van der Waals surface area contributed by atoms with E-state index >= 15 is 0 Å². The number of hydrogen-bond acceptors (Lipinski definition) is 3. The fourth-order valence-electron chi connectivity index (χ4n) is 1.25. The van der Waals surface area contributed by atoms with E-state index < -0.39 is 27.5 Å². The van der Waals surface area contributed by atoms with Gasteiger partial charge in [0.2, 0.25) is 10.0 Å². The van der Waals surface area contributed by atoms with Crippen molar-refractivity contribution in [2.24, 2.45) is 0 Å². The molecule has 0 unspecified atom stereocenters. The molecule has 1 N–H and O–H groups in total. The Morgan fingerprint density at radius 3 is 2.68 bits per heavy atom. The first kappa shape index (κ1) is 15.7. The summed E-state index contributed by atoms with van der Waals surface area (Å²) >= 11 is 5.67. The summed E-state index contributed by atoms with van der Waals surface area (Å²) in [5.41, 5.74) is 0.168. The average Bonchev–Trinajstić information content (AvgIpc) is 2.31. The third kappa shape index (κ3) is 4.65. The number of rotatable bonds is 4. The van der Waals surface area contributed by atoms with Crippen molar-refractivity contribution in [3.05, 3.63) is 46.3 Å². The van der Waals surface area contributed by atoms with Crippen LogP contribution in [0.5, 0.6) is 0 Å². The molecule has 0 aliphatic heterocycles. The first-order chi connectivity index (χ1) is 8.75. The van der Waals surface area contributed by atoms with Crippen LogP contribution in [0, 0.1) is 5.82 Å². The van der Waals surface area contributed by atoms with Crippen molar-refractivity contribution in [3.63, 3.8) is 0 Å². The first-order valence-corrected chi connectivity index (χ1v) is 7.40. The van der Waals surface area contributed by atoms with Gasteiger partial charge in [-0.1, -0.05) is 17.7 Å². The Morgan fingerprint density at radius 1 is 1.47 bits per heavy atom. The maximum Gasteiger partial charge on any atom is 0.260 e. The van der Waals surface area contributed by atoms with Crippen LogP contribution >= 0.6 is 11.6 Å². The summed E-state index contributed by atoms with van der Waals surface area (Å²) in [6.07, 6.45) is 1.48. The van der Waals surface area contributed by atoms with Gasteiger partial charge in [0.25, 0.3) is 5.91 Å². The summed E-state index contributed by atoms with van der Waals surface area (Å²) in [5.74, 6) is -2.07. The van der Waals surface area contributed by atoms with Crippen LogP contribution in [0.25, 0.3) is 0 Å². The third-order valence-electron chi connectivity index (χ3n) is 2.39. The molecule has 0 saturated heterocycles. The quantitative estimate of drug-likeness (QED) is 0.869. The highest BCUT2D eigenvalue weighted by Crippen LogP contribution is 2.17. The number of hydrogen-bond donors (Lipinski definition) is 1. The standard InChI is InChI=1S/C12H13ClFNO3S/c1-3-8(2)12(16)15-19(17,18)7-9-6-10(13)4-5-11(9)14/h3-6H,7H2,1-2H3,(H,15,16). The Bertz CT molecular complexity index is 626. The number of carbonyl (C=O) groups excluding carboxylic acids is 1. The molecule has 0 aliphatic carbocycles. The number of sulfonamides is 1. The van der Waals surface area contributed by atoms with Gasteiger partial charge in [-0.3, -0.25) is 4.79 Å². The predicted octanol–water partition coefficient (Wildman–Crippen LogP) is 2.39. The predicted molar refractivity (Wildman–Crippen MR) is 71.6 cm³/mol. The van der Waals surface area contributed by atoms with Crippen LogP contribution in [0.3, 0.4) is 0 Å². The topological polar surface area (TPSA) is 63.2 Å². The van der Waals surface area contributed by atoms with Crippen LogP contribution in [-0.4, -0.2) is 14.3 Å². The molecule has 1 aromatic rings. The summed E-state index contributed by atoms with van der Waals surface area (Å²) in [6.45, 7) is 3.09. The molecule has 1 amide bonds. The fraction of sp³-hybridized carbons (Fsp3) is 0.250. The van der Waals surface area contributed by atoms with E-state index in [4.69, 9.17) is 11.6 Å². The van der Waals surface area contributed by atoms with Crippen molar-refractivity contribution >= 4 is 27.5 Å². The van der Waals surface area contributed by atoms with Crippen molar-refractivity contribution in [2.75, 3.05) is 0 Å². The number of halogens is 2. The molecule has 0 radical (unpaired) electrons. The molecule has 19 heavy (non-hydrogen) atoms. The molecule has 0 aromatic heterocycles. The Labute approximate surface area is 116 Å². The molecule has 0 atom stereocenters. The van der Waals surface area contributed by atoms with Gasteiger partial charge in [0, 0.05) is 16.2 Å². The molecular formula is C12H13ClFNO3S. The summed E-state index contributed by atoms with van der Waals surface area (Å²) in [4.78, 5) is 11.5. The van der Waals surface area contributed by atoms with E-state index in [0.717, 1.165) is 6.07 Å². The SMILES string of the molecule is CC=C(C)C(=O)NS(=O)(=O)Cc1cc(Cl)ccc1F. The molecule has 1 aromatic carbocycles. The molecule has 0 heterocycles. The zero-order valence-electron chi connectivity index (χ0n) is 10.4. The fourth-order valence-corrected chi connectivity index (χ4v) is 2.59. The Balaban J connectivity index is 2.92. The van der Waals surface area contributed by atoms with E-state index in [1.165, 1.54) is 25.1 Å². The van der Waals surface area contributed by atoms with Crippen LogP contribution in [0.1, 0.15) is 19.4 Å². The van der Waals surface area contributed by atoms with Gasteiger partial charge in [0.1, 0.15) is 5.82 Å². The van der Waals surface area contributed by atoms with Crippen molar-refractivity contribution in [1.29, 1.82) is 0 Å². The second-order valence-electron chi connectivity index (χ2n) is 3.90. The van der Waals surface area contributed by atoms with Gasteiger partial charge in [-0.05, 0) is 32.0 Å². The van der Waals surface area contributed by atoms with Gasteiger partial charge < -0.3 is 0 Å². The lowest BCUT2D eigenvalue weighted by atomic mass is 10.2. The summed E-state index contributed by atoms with van der Waals surface area (Å²) in [7, 11) is -3.97. The second kappa shape index (κ2) is 6.16. The molecule has 4 nitrogen and oxygen atoms in total. The highest BCUT2D eigenvalue weighted by molar-refractivity contribution is 7.89. The summed E-state index contributed by atoms with van der Waals surface area (Å²) in [5, 5.41) is 0.225. The van der Waals surface area contributed by atoms with Crippen molar-refractivity contribution in [3.8, 4) is 0 Å². The van der Waals surface area contributed by atoms with Gasteiger partial charge in [0.05, 0.1) is 5.75 Å². The van der Waals surface area contributed by atoms with Crippen LogP contribution in [0.2, 0.25) is 5.02 Å². The van der Waals surface area contributed by atoms with Crippen LogP contribution < -0.4 is 4.72 Å². The van der Waals surface area contributed by atoms with Crippen molar-refractivity contribution < 1.29 is 17.6 Å². The average molecular weight is 306 g/mol. The molecule has 0 bridgehead atoms. The minimum atomic E-state index is -3.97. The molecule has 104 valence electrons. The van der Waals surface area contributed by atoms with Crippen molar-refractivity contribution in [2.45, 2.75) is 19.6 Å². The molecule has 0 aliphatic rings. The highest BCUT2D eigenvalue weighted by atomic mass is 35.5. The Hall–Kier alpha value is -1.40. The second-order valence-corrected chi connectivity index (χ2v) is 6.06. The number of allylic oxidation sites excluding steroid dienone is 1. The van der Waals surface area contributed by atoms with Gasteiger partial charge in [-0.15, -0.1) is 0 Å². The minimum Gasteiger partial charge on any atom is -0.269 e. The Kier molecular flexibility index (Phi) is 5.08. The third-order valence-corrected chi connectivity index (χ3v) is 3.82. The van der Waals surface area contributed by atoms with Gasteiger partial charge in [-0.25, -0.2) is 17.5 Å². The van der Waals surface area contributed by atoms with Crippen LogP contribution in [0.4, 0.5) is 4.39 Å². The van der Waals surface area contributed by atoms with E-state index in [1.54, 1.807) is 6.92 Å². The number of carbonyl (C=O) groups is 1. The lowest BCUT2D eigenvalue weighted by Crippen LogP contribution is -2.32. The van der Waals surface area contributed by atoms with Crippen molar-refractivity contribution in [1.82, 2.24) is 4.72 Å². The smallest absolute Gasteiger partial charge is 0.260 e. The number of nitrogens with one attached hydrogen (secondary N) is 1. The van der Waals surface area contributed by atoms with Gasteiger partial charge >= 0.3 is 0 Å². The maximum absolute atomic E-state index is 13.4. The lowest BCUT2D eigenvalue weighted by Gasteiger charge is -2.08. The zero-order chi connectivity index (χ0) is 14.6. The molecule has 1 rings (SSSR count). The maximum atomic E-state index is 13.4. The highest BCUT2D eigenvalue weighted by Gasteiger charge is 2.18. The normalized spacial score (nSPS) is 12.3. The summed E-state index contributed by atoms with van der Waals surface area (Å²) in [6, 6.07) is 3.60. The van der Waals surface area contributed by atoms with Crippen LogP contribution in [0.15, 0.2) is 29.8 Å². The lowest BCUT2D eigenvalue weighted by molar-refractivity contribution is -0.115. The van der Waals surface area contributed by atoms with E-state index in [2.05, 4.69) is 0 Å². The van der Waals surface area contributed by atoms with Gasteiger partial charge in [0.15, 0.2) is 0 Å². The van der Waals surface area contributed by atoms with E-state index in [1.807, 2.05) is 4.72 Å². The van der Waals surface area contributed by atoms with E-state index in [-0.39, 0.29) is 16.2 Å². The molecular weight excluding hydrogens is 293 g/mol. The molecule has 0 fully saturated rings. The van der Waals surface area contributed by atoms with E-state index in [0.29, 0.717) is 0 Å². The Morgan fingerprint density at radius 2 is 2.11 bits per heavy atom.